The van der Waals surface area contributed by atoms with E-state index in [1.807, 2.05) is 26.0 Å². The van der Waals surface area contributed by atoms with Gasteiger partial charge in [-0.1, -0.05) is 0 Å². The van der Waals surface area contributed by atoms with E-state index in [-0.39, 0.29) is 17.5 Å². The quantitative estimate of drug-likeness (QED) is 0.535. The summed E-state index contributed by atoms with van der Waals surface area (Å²) >= 11 is 0. The molecule has 0 unspecified atom stereocenters. The molecule has 0 atom stereocenters. The summed E-state index contributed by atoms with van der Waals surface area (Å²) < 4.78 is 5.56. The number of nitrogens with zero attached hydrogens (tertiary/aromatic N) is 3. The van der Waals surface area contributed by atoms with E-state index in [1.54, 1.807) is 12.1 Å². The van der Waals surface area contributed by atoms with Gasteiger partial charge in [-0.15, -0.1) is 0 Å². The zero-order valence-electron chi connectivity index (χ0n) is 11.5. The number of rotatable bonds is 2. The van der Waals surface area contributed by atoms with Gasteiger partial charge in [0.1, 0.15) is 6.61 Å². The maximum absolute atomic E-state index is 5.56. The van der Waals surface area contributed by atoms with E-state index >= 15 is 0 Å². The number of ether oxygens (including phenoxy) is 1. The highest BCUT2D eigenvalue weighted by atomic mass is 16.5. The molecule has 1 heterocycles. The maximum atomic E-state index is 5.56. The molecule has 6 N–H and O–H groups in total. The predicted octanol–water partition coefficient (Wildman–Crippen LogP) is 0.462. The monoisotopic (exact) mass is 274 g/mol. The van der Waals surface area contributed by atoms with Crippen LogP contribution in [0.25, 0.3) is 0 Å². The number of guanidine groups is 2. The van der Waals surface area contributed by atoms with Crippen LogP contribution in [0.4, 0.5) is 5.69 Å². The third kappa shape index (κ3) is 3.47. The van der Waals surface area contributed by atoms with E-state index in [9.17, 15) is 0 Å². The van der Waals surface area contributed by atoms with Gasteiger partial charge in [-0.3, -0.25) is 0 Å². The fourth-order valence-electron chi connectivity index (χ4n) is 1.70. The maximum Gasteiger partial charge on any atom is 0.223 e. The molecule has 0 radical (unpaired) electrons. The van der Waals surface area contributed by atoms with Crippen LogP contribution in [0.5, 0.6) is 0 Å². The predicted molar refractivity (Wildman–Crippen MR) is 80.1 cm³/mol. The van der Waals surface area contributed by atoms with E-state index in [4.69, 9.17) is 21.9 Å². The first kappa shape index (κ1) is 13.9. The Hall–Kier alpha value is -2.57. The highest BCUT2D eigenvalue weighted by molar-refractivity contribution is 5.96. The molecule has 1 aromatic carbocycles. The minimum Gasteiger partial charge on any atom is -0.475 e. The molecular formula is C13H18N6O. The van der Waals surface area contributed by atoms with E-state index < -0.39 is 0 Å². The molecule has 0 saturated carbocycles. The molecule has 0 spiro atoms. The molecule has 0 amide bonds. The van der Waals surface area contributed by atoms with Crippen molar-refractivity contribution >= 4 is 23.5 Å². The van der Waals surface area contributed by atoms with E-state index in [1.165, 1.54) is 0 Å². The lowest BCUT2D eigenvalue weighted by atomic mass is 10.1. The first-order chi connectivity index (χ1) is 9.35. The minimum atomic E-state index is -0.177. The standard InChI is InChI=1S/C13H18N6O/c1-13(2)7-20-10(19-13)8-3-5-9(6-4-8)17-12(16)18-11(14)15/h3-6H,7H2,1-2H3,(H6,14,15,16,17,18). The summed E-state index contributed by atoms with van der Waals surface area (Å²) in [7, 11) is 0. The number of nitrogens with two attached hydrogens (primary N) is 3. The van der Waals surface area contributed by atoms with Crippen LogP contribution in [0, 0.1) is 0 Å². The molecule has 20 heavy (non-hydrogen) atoms. The summed E-state index contributed by atoms with van der Waals surface area (Å²) in [6.07, 6.45) is 0. The van der Waals surface area contributed by atoms with Gasteiger partial charge in [-0.25, -0.2) is 9.98 Å². The van der Waals surface area contributed by atoms with Crippen LogP contribution in [0.2, 0.25) is 0 Å². The van der Waals surface area contributed by atoms with Gasteiger partial charge < -0.3 is 21.9 Å². The SMILES string of the molecule is CC1(C)COC(c2ccc(N=C(N)N=C(N)N)cc2)=N1. The molecule has 1 aliphatic heterocycles. The number of hydrogen-bond donors (Lipinski definition) is 3. The number of hydrogen-bond acceptors (Lipinski definition) is 3. The summed E-state index contributed by atoms with van der Waals surface area (Å²) in [5.74, 6) is 0.523. The second kappa shape index (κ2) is 5.20. The molecule has 7 nitrogen and oxygen atoms in total. The van der Waals surface area contributed by atoms with E-state index in [2.05, 4.69) is 15.0 Å². The Morgan fingerprint density at radius 2 is 1.85 bits per heavy atom. The molecule has 7 heteroatoms. The van der Waals surface area contributed by atoms with Gasteiger partial charge in [0.2, 0.25) is 11.9 Å². The largest absolute Gasteiger partial charge is 0.475 e. The summed E-state index contributed by atoms with van der Waals surface area (Å²) in [6.45, 7) is 4.63. The van der Waals surface area contributed by atoms with Crippen LogP contribution in [0.15, 0.2) is 39.2 Å². The van der Waals surface area contributed by atoms with Gasteiger partial charge in [0.15, 0.2) is 5.96 Å². The van der Waals surface area contributed by atoms with E-state index in [0.29, 0.717) is 18.2 Å². The lowest BCUT2D eigenvalue weighted by Gasteiger charge is -2.07. The smallest absolute Gasteiger partial charge is 0.223 e. The Kier molecular flexibility index (Phi) is 3.60. The van der Waals surface area contributed by atoms with Crippen molar-refractivity contribution in [3.8, 4) is 0 Å². The van der Waals surface area contributed by atoms with Crippen LogP contribution in [0.1, 0.15) is 19.4 Å². The second-order valence-electron chi connectivity index (χ2n) is 5.07. The summed E-state index contributed by atoms with van der Waals surface area (Å²) in [4.78, 5) is 12.2. The van der Waals surface area contributed by atoms with Crippen LogP contribution in [-0.2, 0) is 4.74 Å². The Bertz CT molecular complexity index is 581. The van der Waals surface area contributed by atoms with Crippen molar-refractivity contribution in [1.29, 1.82) is 0 Å². The first-order valence-corrected chi connectivity index (χ1v) is 6.13. The number of aliphatic imine (C=N–C) groups is 3. The van der Waals surface area contributed by atoms with E-state index in [0.717, 1.165) is 5.56 Å². The summed E-state index contributed by atoms with van der Waals surface area (Å²) in [5, 5.41) is 0. The molecule has 1 aromatic rings. The molecule has 0 bridgehead atoms. The van der Waals surface area contributed by atoms with Gasteiger partial charge in [-0.05, 0) is 38.1 Å². The van der Waals surface area contributed by atoms with Crippen molar-refractivity contribution < 1.29 is 4.74 Å². The van der Waals surface area contributed by atoms with Crippen LogP contribution < -0.4 is 17.2 Å². The lowest BCUT2D eigenvalue weighted by Crippen LogP contribution is -2.26. The minimum absolute atomic E-state index is 0.00772. The van der Waals surface area contributed by atoms with Gasteiger partial charge in [0.05, 0.1) is 11.2 Å². The third-order valence-electron chi connectivity index (χ3n) is 2.57. The van der Waals surface area contributed by atoms with Crippen LogP contribution >= 0.6 is 0 Å². The molecular weight excluding hydrogens is 256 g/mol. The van der Waals surface area contributed by atoms with Crippen molar-refractivity contribution in [2.75, 3.05) is 6.61 Å². The van der Waals surface area contributed by atoms with Gasteiger partial charge in [0.25, 0.3) is 0 Å². The Labute approximate surface area is 117 Å². The third-order valence-corrected chi connectivity index (χ3v) is 2.57. The van der Waals surface area contributed by atoms with Crippen molar-refractivity contribution in [3.05, 3.63) is 29.8 Å². The second-order valence-corrected chi connectivity index (χ2v) is 5.07. The van der Waals surface area contributed by atoms with Crippen LogP contribution in [0.3, 0.4) is 0 Å². The molecule has 0 aromatic heterocycles. The Morgan fingerprint density at radius 1 is 1.20 bits per heavy atom. The molecule has 0 saturated heterocycles. The highest BCUT2D eigenvalue weighted by Crippen LogP contribution is 2.22. The fraction of sp³-hybridized carbons (Fsp3) is 0.308. The topological polar surface area (TPSA) is 124 Å². The molecule has 106 valence electrons. The summed E-state index contributed by atoms with van der Waals surface area (Å²) in [6, 6.07) is 7.31. The average Bonchev–Trinajstić information content (AvgIpc) is 2.69. The first-order valence-electron chi connectivity index (χ1n) is 6.13. The van der Waals surface area contributed by atoms with Gasteiger partial charge in [-0.2, -0.15) is 4.99 Å². The Morgan fingerprint density at radius 3 is 2.35 bits per heavy atom. The van der Waals surface area contributed by atoms with Crippen molar-refractivity contribution in [2.45, 2.75) is 19.4 Å². The molecule has 0 aliphatic carbocycles. The zero-order chi connectivity index (χ0) is 14.8. The Balaban J connectivity index is 2.18. The van der Waals surface area contributed by atoms with Crippen LogP contribution in [-0.4, -0.2) is 30.0 Å². The van der Waals surface area contributed by atoms with Gasteiger partial charge in [0, 0.05) is 5.56 Å². The van der Waals surface area contributed by atoms with Gasteiger partial charge >= 0.3 is 0 Å². The summed E-state index contributed by atoms with van der Waals surface area (Å²) in [5.41, 5.74) is 17.4. The molecule has 1 aliphatic rings. The fourth-order valence-corrected chi connectivity index (χ4v) is 1.70. The highest BCUT2D eigenvalue weighted by Gasteiger charge is 2.26. The number of benzene rings is 1. The molecule has 2 rings (SSSR count). The average molecular weight is 274 g/mol. The molecule has 0 fully saturated rings. The lowest BCUT2D eigenvalue weighted by molar-refractivity contribution is 0.279. The normalized spacial score (nSPS) is 17.3. The van der Waals surface area contributed by atoms with Crippen molar-refractivity contribution in [1.82, 2.24) is 0 Å². The zero-order valence-corrected chi connectivity index (χ0v) is 11.5. The van der Waals surface area contributed by atoms with Crippen molar-refractivity contribution in [3.63, 3.8) is 0 Å². The van der Waals surface area contributed by atoms with Crippen molar-refractivity contribution in [2.24, 2.45) is 32.2 Å².